The number of fused-ring (bicyclic) bond motifs is 1. The highest BCUT2D eigenvalue weighted by atomic mass is 19.1. The van der Waals surface area contributed by atoms with Crippen LogP contribution >= 0.6 is 0 Å². The fraction of sp³-hybridized carbons (Fsp3) is 0.103. The maximum absolute atomic E-state index is 14.5. The number of hydrogen-bond acceptors (Lipinski definition) is 4. The number of nitrogen functional groups attached to an aromatic ring is 1. The summed E-state index contributed by atoms with van der Waals surface area (Å²) in [5, 5.41) is 4.28. The van der Waals surface area contributed by atoms with E-state index in [9.17, 15) is 4.39 Å². The molecule has 5 rings (SSSR count). The standard InChI is InChI=1S/C29H26FN5/c1-17(2)34-21-11-19(14-32-16-21)20-12-24(29(31)33-15-20)18(3)28-13-25-22(8-6-10-27(25)35-28)23-7-4-5-9-26(23)30/h4-17,34-35H,3H2,1-2H3,(H2,31,33). The van der Waals surface area contributed by atoms with E-state index < -0.39 is 0 Å². The Hall–Kier alpha value is -4.45. The first-order valence-electron chi connectivity index (χ1n) is 11.4. The molecule has 4 N–H and O–H groups in total. The summed E-state index contributed by atoms with van der Waals surface area (Å²) in [6.07, 6.45) is 5.34. The Morgan fingerprint density at radius 3 is 2.54 bits per heavy atom. The number of aromatic nitrogens is 3. The van der Waals surface area contributed by atoms with Gasteiger partial charge >= 0.3 is 0 Å². The van der Waals surface area contributed by atoms with Crippen LogP contribution in [0, 0.1) is 5.82 Å². The van der Waals surface area contributed by atoms with E-state index in [1.807, 2.05) is 42.5 Å². The Morgan fingerprint density at radius 2 is 1.74 bits per heavy atom. The molecule has 35 heavy (non-hydrogen) atoms. The Bertz CT molecular complexity index is 1550. The summed E-state index contributed by atoms with van der Waals surface area (Å²) in [4.78, 5) is 12.2. The summed E-state index contributed by atoms with van der Waals surface area (Å²) in [5.74, 6) is 0.127. The predicted molar refractivity (Wildman–Crippen MR) is 142 cm³/mol. The number of nitrogens with zero attached hydrogens (tertiary/aromatic N) is 2. The number of nitrogens with one attached hydrogen (secondary N) is 2. The van der Waals surface area contributed by atoms with Crippen molar-refractivity contribution in [2.75, 3.05) is 11.1 Å². The number of anilines is 2. The number of benzene rings is 2. The van der Waals surface area contributed by atoms with Crippen molar-refractivity contribution in [3.05, 3.63) is 103 Å². The zero-order valence-electron chi connectivity index (χ0n) is 19.6. The topological polar surface area (TPSA) is 79.6 Å². The zero-order chi connectivity index (χ0) is 24.5. The maximum Gasteiger partial charge on any atom is 0.131 e. The lowest BCUT2D eigenvalue weighted by molar-refractivity contribution is 0.631. The van der Waals surface area contributed by atoms with E-state index in [4.69, 9.17) is 5.73 Å². The summed E-state index contributed by atoms with van der Waals surface area (Å²) < 4.78 is 14.5. The van der Waals surface area contributed by atoms with Gasteiger partial charge in [-0.15, -0.1) is 0 Å². The highest BCUT2D eigenvalue weighted by Gasteiger charge is 2.15. The van der Waals surface area contributed by atoms with Gasteiger partial charge in [0.2, 0.25) is 0 Å². The van der Waals surface area contributed by atoms with E-state index in [0.717, 1.165) is 44.5 Å². The third-order valence-corrected chi connectivity index (χ3v) is 5.92. The number of aromatic amines is 1. The van der Waals surface area contributed by atoms with Crippen molar-refractivity contribution in [2.24, 2.45) is 0 Å². The second-order valence-electron chi connectivity index (χ2n) is 8.83. The minimum absolute atomic E-state index is 0.259. The molecule has 0 aliphatic carbocycles. The van der Waals surface area contributed by atoms with Crippen molar-refractivity contribution < 1.29 is 4.39 Å². The second-order valence-corrected chi connectivity index (χ2v) is 8.83. The van der Waals surface area contributed by atoms with Crippen molar-refractivity contribution in [3.8, 4) is 22.3 Å². The van der Waals surface area contributed by atoms with Crippen LogP contribution in [0.3, 0.4) is 0 Å². The van der Waals surface area contributed by atoms with Crippen LogP contribution in [0.1, 0.15) is 25.1 Å². The van der Waals surface area contributed by atoms with Crippen LogP contribution in [-0.4, -0.2) is 21.0 Å². The van der Waals surface area contributed by atoms with Crippen molar-refractivity contribution in [3.63, 3.8) is 0 Å². The zero-order valence-corrected chi connectivity index (χ0v) is 19.6. The molecule has 0 bridgehead atoms. The van der Waals surface area contributed by atoms with Gasteiger partial charge < -0.3 is 16.0 Å². The molecule has 0 fully saturated rings. The first-order valence-corrected chi connectivity index (χ1v) is 11.4. The molecule has 0 aliphatic heterocycles. The molecule has 3 heterocycles. The largest absolute Gasteiger partial charge is 0.383 e. The number of rotatable bonds is 6. The average molecular weight is 464 g/mol. The van der Waals surface area contributed by atoms with E-state index in [1.165, 1.54) is 6.07 Å². The molecule has 2 aromatic carbocycles. The molecule has 0 saturated carbocycles. The van der Waals surface area contributed by atoms with Crippen LogP contribution in [0.15, 0.2) is 85.8 Å². The number of nitrogens with two attached hydrogens (primary N) is 1. The number of hydrogen-bond donors (Lipinski definition) is 3. The second kappa shape index (κ2) is 9.06. The van der Waals surface area contributed by atoms with Crippen molar-refractivity contribution in [1.29, 1.82) is 0 Å². The van der Waals surface area contributed by atoms with Crippen LogP contribution in [0.5, 0.6) is 0 Å². The summed E-state index contributed by atoms with van der Waals surface area (Å²) in [5.41, 5.74) is 13.5. The van der Waals surface area contributed by atoms with E-state index in [2.05, 4.69) is 40.7 Å². The summed E-state index contributed by atoms with van der Waals surface area (Å²) in [6, 6.07) is 18.9. The van der Waals surface area contributed by atoms with Gasteiger partial charge in [-0.1, -0.05) is 36.9 Å². The Morgan fingerprint density at radius 1 is 0.971 bits per heavy atom. The van der Waals surface area contributed by atoms with Gasteiger partial charge in [-0.2, -0.15) is 0 Å². The molecule has 0 spiro atoms. The van der Waals surface area contributed by atoms with Gasteiger partial charge in [0.25, 0.3) is 0 Å². The van der Waals surface area contributed by atoms with Gasteiger partial charge in [-0.25, -0.2) is 9.37 Å². The molecular formula is C29H26FN5. The molecule has 3 aromatic heterocycles. The average Bonchev–Trinajstić information content (AvgIpc) is 3.29. The SMILES string of the molecule is C=C(c1cc2c(-c3ccccc3F)cccc2[nH]1)c1cc(-c2cncc(NC(C)C)c2)cnc1N. The molecule has 0 atom stereocenters. The Balaban J connectivity index is 1.54. The molecule has 174 valence electrons. The number of H-pyrrole nitrogens is 1. The molecular weight excluding hydrogens is 437 g/mol. The van der Waals surface area contributed by atoms with Gasteiger partial charge in [0, 0.05) is 69.1 Å². The molecule has 5 aromatic rings. The molecule has 0 radical (unpaired) electrons. The third kappa shape index (κ3) is 4.38. The Kier molecular flexibility index (Phi) is 5.79. The lowest BCUT2D eigenvalue weighted by Crippen LogP contribution is -2.09. The summed E-state index contributed by atoms with van der Waals surface area (Å²) >= 11 is 0. The molecule has 5 nitrogen and oxygen atoms in total. The highest BCUT2D eigenvalue weighted by molar-refractivity contribution is 5.99. The maximum atomic E-state index is 14.5. The molecule has 0 aliphatic rings. The van der Waals surface area contributed by atoms with Crippen LogP contribution in [0.2, 0.25) is 0 Å². The monoisotopic (exact) mass is 463 g/mol. The lowest BCUT2D eigenvalue weighted by Gasteiger charge is -2.12. The van der Waals surface area contributed by atoms with Gasteiger partial charge in [-0.3, -0.25) is 4.98 Å². The van der Waals surface area contributed by atoms with Crippen molar-refractivity contribution >= 4 is 28.0 Å². The van der Waals surface area contributed by atoms with E-state index in [1.54, 1.807) is 30.7 Å². The smallest absolute Gasteiger partial charge is 0.131 e. The first-order chi connectivity index (χ1) is 16.9. The molecule has 0 saturated heterocycles. The van der Waals surface area contributed by atoms with Gasteiger partial charge in [-0.05, 0) is 49.7 Å². The quantitative estimate of drug-likeness (QED) is 0.256. The number of pyridine rings is 2. The van der Waals surface area contributed by atoms with Gasteiger partial charge in [0.1, 0.15) is 11.6 Å². The lowest BCUT2D eigenvalue weighted by atomic mass is 9.99. The van der Waals surface area contributed by atoms with E-state index in [0.29, 0.717) is 23.0 Å². The fourth-order valence-electron chi connectivity index (χ4n) is 4.26. The molecule has 0 amide bonds. The van der Waals surface area contributed by atoms with Crippen LogP contribution in [-0.2, 0) is 0 Å². The molecule has 6 heteroatoms. The van der Waals surface area contributed by atoms with Crippen LogP contribution < -0.4 is 11.1 Å². The van der Waals surface area contributed by atoms with Crippen molar-refractivity contribution in [1.82, 2.24) is 15.0 Å². The van der Waals surface area contributed by atoms with Gasteiger partial charge in [0.05, 0.1) is 5.69 Å². The predicted octanol–water partition coefficient (Wildman–Crippen LogP) is 6.90. The van der Waals surface area contributed by atoms with Crippen LogP contribution in [0.4, 0.5) is 15.9 Å². The van der Waals surface area contributed by atoms with Gasteiger partial charge in [0.15, 0.2) is 0 Å². The minimum atomic E-state index is -0.259. The van der Waals surface area contributed by atoms with E-state index >= 15 is 0 Å². The first kappa shape index (κ1) is 22.3. The Labute approximate surface area is 203 Å². The molecule has 0 unspecified atom stereocenters. The van der Waals surface area contributed by atoms with E-state index in [-0.39, 0.29) is 5.82 Å². The highest BCUT2D eigenvalue weighted by Crippen LogP contribution is 2.35. The summed E-state index contributed by atoms with van der Waals surface area (Å²) in [6.45, 7) is 8.47. The van der Waals surface area contributed by atoms with Crippen molar-refractivity contribution in [2.45, 2.75) is 19.9 Å². The number of halogens is 1. The third-order valence-electron chi connectivity index (χ3n) is 5.92. The van der Waals surface area contributed by atoms with Crippen LogP contribution in [0.25, 0.3) is 38.7 Å². The normalized spacial score (nSPS) is 11.2. The minimum Gasteiger partial charge on any atom is -0.383 e. The fourth-order valence-corrected chi connectivity index (χ4v) is 4.26. The summed E-state index contributed by atoms with van der Waals surface area (Å²) in [7, 11) is 0.